The lowest BCUT2D eigenvalue weighted by atomic mass is 10.1. The highest BCUT2D eigenvalue weighted by atomic mass is 16.4. The number of aliphatic imine (C=N–C) groups is 1. The van der Waals surface area contributed by atoms with Crippen molar-refractivity contribution in [2.24, 2.45) is 4.99 Å². The first-order valence-corrected chi connectivity index (χ1v) is 7.73. The van der Waals surface area contributed by atoms with E-state index in [1.165, 1.54) is 9.80 Å². The first-order valence-electron chi connectivity index (χ1n) is 7.73. The molecule has 3 amide bonds. The van der Waals surface area contributed by atoms with E-state index in [1.54, 1.807) is 17.8 Å². The zero-order valence-electron chi connectivity index (χ0n) is 13.2. The molecule has 0 bridgehead atoms. The zero-order chi connectivity index (χ0) is 15.9. The fraction of sp³-hybridized carbons (Fsp3) is 0.600. The summed E-state index contributed by atoms with van der Waals surface area (Å²) >= 11 is 0. The predicted octanol–water partition coefficient (Wildman–Crippen LogP) is 1.93. The first kappa shape index (κ1) is 14.7. The number of carbonyl (C=O) groups excluding carboxylic acids is 2. The van der Waals surface area contributed by atoms with Gasteiger partial charge in [-0.25, -0.2) is 4.79 Å². The molecule has 2 aliphatic heterocycles. The van der Waals surface area contributed by atoms with Crippen LogP contribution < -0.4 is 4.57 Å². The van der Waals surface area contributed by atoms with Gasteiger partial charge in [0, 0.05) is 18.6 Å². The van der Waals surface area contributed by atoms with Crippen LogP contribution in [0.25, 0.3) is 0 Å². The van der Waals surface area contributed by atoms with Crippen molar-refractivity contribution in [3.8, 4) is 0 Å². The van der Waals surface area contributed by atoms with Gasteiger partial charge in [-0.2, -0.15) is 4.57 Å². The lowest BCUT2D eigenvalue weighted by molar-refractivity contribution is -0.679. The van der Waals surface area contributed by atoms with Crippen LogP contribution >= 0.6 is 0 Å². The summed E-state index contributed by atoms with van der Waals surface area (Å²) in [4.78, 5) is 32.2. The fourth-order valence-corrected chi connectivity index (χ4v) is 2.93. The van der Waals surface area contributed by atoms with E-state index >= 15 is 0 Å². The smallest absolute Gasteiger partial charge is 0.390 e. The number of aryl methyl sites for hydroxylation is 1. The minimum atomic E-state index is -0.582. The van der Waals surface area contributed by atoms with Gasteiger partial charge >= 0.3 is 12.0 Å². The molecular weight excluding hydrogens is 284 g/mol. The maximum Gasteiger partial charge on any atom is 0.506 e. The van der Waals surface area contributed by atoms with E-state index in [1.807, 2.05) is 6.92 Å². The molecule has 22 heavy (non-hydrogen) atoms. The van der Waals surface area contributed by atoms with Crippen LogP contribution in [0.1, 0.15) is 44.4 Å². The molecule has 1 atom stereocenters. The molecule has 0 aliphatic carbocycles. The van der Waals surface area contributed by atoms with Crippen LogP contribution in [-0.4, -0.2) is 41.2 Å². The molecule has 1 fully saturated rings. The van der Waals surface area contributed by atoms with E-state index in [0.29, 0.717) is 24.2 Å². The third kappa shape index (κ3) is 2.20. The Hall–Kier alpha value is -2.18. The van der Waals surface area contributed by atoms with Crippen molar-refractivity contribution in [3.05, 3.63) is 12.0 Å². The third-order valence-electron chi connectivity index (χ3n) is 4.12. The number of amidine groups is 1. The number of rotatable bonds is 5. The molecule has 0 aromatic carbocycles. The largest absolute Gasteiger partial charge is 0.506 e. The number of unbranched alkanes of at least 4 members (excludes halogenated alkanes) is 3. The summed E-state index contributed by atoms with van der Waals surface area (Å²) in [5.41, 5.74) is 0. The highest BCUT2D eigenvalue weighted by Gasteiger charge is 2.54. The Morgan fingerprint density at radius 3 is 2.82 bits per heavy atom. The number of nitrogens with zero attached hydrogens (tertiary/aromatic N) is 4. The fourth-order valence-electron chi connectivity index (χ4n) is 2.93. The molecule has 0 radical (unpaired) electrons. The van der Waals surface area contributed by atoms with Crippen molar-refractivity contribution in [3.63, 3.8) is 0 Å². The maximum absolute atomic E-state index is 12.7. The van der Waals surface area contributed by atoms with Crippen LogP contribution in [0, 0.1) is 6.92 Å². The molecule has 0 saturated carbocycles. The molecular formula is C15H21N4O3+. The number of urea groups is 1. The van der Waals surface area contributed by atoms with Gasteiger partial charge in [0.15, 0.2) is 0 Å². The van der Waals surface area contributed by atoms with Gasteiger partial charge in [0.1, 0.15) is 12.0 Å². The van der Waals surface area contributed by atoms with E-state index < -0.39 is 6.04 Å². The summed E-state index contributed by atoms with van der Waals surface area (Å²) in [5.74, 6) is 0.918. The lowest BCUT2D eigenvalue weighted by Gasteiger charge is -2.31. The van der Waals surface area contributed by atoms with Gasteiger partial charge in [-0.05, 0) is 13.3 Å². The van der Waals surface area contributed by atoms with Crippen molar-refractivity contribution in [2.75, 3.05) is 13.6 Å². The van der Waals surface area contributed by atoms with E-state index in [-0.39, 0.29) is 11.9 Å². The number of carbonyl (C=O) groups is 2. The number of oxazole rings is 1. The van der Waals surface area contributed by atoms with E-state index in [2.05, 4.69) is 11.9 Å². The number of fused-ring (bicyclic) bond motifs is 3. The van der Waals surface area contributed by atoms with Gasteiger partial charge in [0.25, 0.3) is 17.8 Å². The molecule has 3 heterocycles. The van der Waals surface area contributed by atoms with Crippen LogP contribution in [0.15, 0.2) is 15.6 Å². The third-order valence-corrected chi connectivity index (χ3v) is 4.12. The molecule has 2 aliphatic rings. The van der Waals surface area contributed by atoms with Crippen molar-refractivity contribution in [1.82, 2.24) is 9.80 Å². The lowest BCUT2D eigenvalue weighted by Crippen LogP contribution is -2.62. The maximum atomic E-state index is 12.7. The number of amides is 3. The van der Waals surface area contributed by atoms with Crippen molar-refractivity contribution < 1.29 is 18.6 Å². The van der Waals surface area contributed by atoms with E-state index in [4.69, 9.17) is 4.42 Å². The Morgan fingerprint density at radius 2 is 2.09 bits per heavy atom. The topological polar surface area (TPSA) is 70.0 Å². The molecule has 118 valence electrons. The van der Waals surface area contributed by atoms with E-state index in [0.717, 1.165) is 25.7 Å². The summed E-state index contributed by atoms with van der Waals surface area (Å²) in [6, 6.07) is -0.515. The SMILES string of the molecule is CCCCCCN1C(=O)C2C(=Nc3oc(C)c[n+]32)N(C)C1=O. The Balaban J connectivity index is 1.83. The minimum Gasteiger partial charge on any atom is -0.390 e. The Bertz CT molecular complexity index is 649. The van der Waals surface area contributed by atoms with Crippen molar-refractivity contribution in [1.29, 1.82) is 0 Å². The zero-order valence-corrected chi connectivity index (χ0v) is 13.2. The summed E-state index contributed by atoms with van der Waals surface area (Å²) < 4.78 is 7.17. The second-order valence-corrected chi connectivity index (χ2v) is 5.80. The summed E-state index contributed by atoms with van der Waals surface area (Å²) in [5, 5.41) is 0. The molecule has 0 spiro atoms. The average molecular weight is 305 g/mol. The molecule has 7 nitrogen and oxygen atoms in total. The normalized spacial score (nSPS) is 20.3. The van der Waals surface area contributed by atoms with Crippen LogP contribution in [-0.2, 0) is 4.79 Å². The van der Waals surface area contributed by atoms with Crippen LogP contribution in [0.4, 0.5) is 10.8 Å². The number of likely N-dealkylation sites (N-methyl/N-ethyl adjacent to an activating group) is 1. The number of aromatic nitrogens is 1. The van der Waals surface area contributed by atoms with Crippen LogP contribution in [0.2, 0.25) is 0 Å². The highest BCUT2D eigenvalue weighted by Crippen LogP contribution is 2.28. The van der Waals surface area contributed by atoms with Gasteiger partial charge in [-0.1, -0.05) is 26.2 Å². The Labute approximate surface area is 129 Å². The number of hydrogen-bond acceptors (Lipinski definition) is 4. The Kier molecular flexibility index (Phi) is 3.72. The number of hydrogen-bond donors (Lipinski definition) is 0. The number of imide groups is 1. The summed E-state index contributed by atoms with van der Waals surface area (Å²) in [6.45, 7) is 4.40. The van der Waals surface area contributed by atoms with Gasteiger partial charge in [0.2, 0.25) is 0 Å². The van der Waals surface area contributed by atoms with Crippen LogP contribution in [0.3, 0.4) is 0 Å². The van der Waals surface area contributed by atoms with Gasteiger partial charge in [0.05, 0.1) is 0 Å². The Morgan fingerprint density at radius 1 is 1.32 bits per heavy atom. The molecule has 1 unspecified atom stereocenters. The second kappa shape index (κ2) is 5.55. The van der Waals surface area contributed by atoms with Crippen molar-refractivity contribution in [2.45, 2.75) is 45.6 Å². The molecule has 7 heteroatoms. The van der Waals surface area contributed by atoms with Crippen molar-refractivity contribution >= 4 is 23.8 Å². The molecule has 1 aromatic heterocycles. The average Bonchev–Trinajstić information content (AvgIpc) is 3.00. The predicted molar refractivity (Wildman–Crippen MR) is 78.8 cm³/mol. The molecule has 1 saturated heterocycles. The summed E-state index contributed by atoms with van der Waals surface area (Å²) in [6.07, 6.45) is 5.84. The quantitative estimate of drug-likeness (QED) is 0.616. The van der Waals surface area contributed by atoms with Gasteiger partial charge < -0.3 is 4.42 Å². The molecule has 3 rings (SSSR count). The van der Waals surface area contributed by atoms with Gasteiger partial charge in [-0.3, -0.25) is 14.6 Å². The highest BCUT2D eigenvalue weighted by molar-refractivity contribution is 6.18. The molecule has 0 N–H and O–H groups in total. The second-order valence-electron chi connectivity index (χ2n) is 5.80. The van der Waals surface area contributed by atoms with Crippen LogP contribution in [0.5, 0.6) is 0 Å². The van der Waals surface area contributed by atoms with E-state index in [9.17, 15) is 9.59 Å². The molecule has 1 aromatic rings. The standard InChI is InChI=1S/C15H21N4O3/c1-4-5-6-7-8-18-13(20)11-12(17(3)15(18)21)16-14-19(11)9-10(2)22-14/h9,11H,4-8H2,1-3H3/q+1. The summed E-state index contributed by atoms with van der Waals surface area (Å²) in [7, 11) is 1.65. The van der Waals surface area contributed by atoms with Gasteiger partial charge in [-0.15, -0.1) is 0 Å². The minimum absolute atomic E-state index is 0.220. The first-order chi connectivity index (χ1) is 10.5. The monoisotopic (exact) mass is 305 g/mol.